The van der Waals surface area contributed by atoms with Gasteiger partial charge in [-0.3, -0.25) is 0 Å². The van der Waals surface area contributed by atoms with Crippen LogP contribution in [0, 0.1) is 0 Å². The zero-order valence-electron chi connectivity index (χ0n) is 14.2. The van der Waals surface area contributed by atoms with E-state index in [0.717, 1.165) is 21.5 Å². The van der Waals surface area contributed by atoms with Crippen molar-refractivity contribution in [2.75, 3.05) is 4.90 Å². The van der Waals surface area contributed by atoms with E-state index in [1.165, 1.54) is 11.1 Å². The Bertz CT molecular complexity index is 940. The molecule has 126 valence electrons. The molecule has 0 aliphatic heterocycles. The van der Waals surface area contributed by atoms with Crippen molar-refractivity contribution in [3.63, 3.8) is 0 Å². The number of hydrogen-bond donors (Lipinski definition) is 0. The Balaban J connectivity index is 1.91. The molecule has 1 nitrogen and oxygen atoms in total. The van der Waals surface area contributed by atoms with E-state index < -0.39 is 0 Å². The van der Waals surface area contributed by atoms with Crippen molar-refractivity contribution in [2.24, 2.45) is 0 Å². The first-order valence-electron chi connectivity index (χ1n) is 8.58. The summed E-state index contributed by atoms with van der Waals surface area (Å²) in [6.45, 7) is 0. The molecule has 0 amide bonds. The second-order valence-corrected chi connectivity index (χ2v) is 6.95. The summed E-state index contributed by atoms with van der Waals surface area (Å²) in [4.78, 5) is 2.30. The number of anilines is 3. The van der Waals surface area contributed by atoms with E-state index in [1.807, 2.05) is 12.1 Å². The molecule has 0 atom stereocenters. The normalized spacial score (nSPS) is 10.5. The highest BCUT2D eigenvalue weighted by atomic mass is 79.9. The van der Waals surface area contributed by atoms with Gasteiger partial charge in [-0.15, -0.1) is 0 Å². The maximum absolute atomic E-state index is 3.53. The monoisotopic (exact) mass is 399 g/mol. The van der Waals surface area contributed by atoms with Crippen molar-refractivity contribution in [2.45, 2.75) is 0 Å². The Labute approximate surface area is 162 Å². The Hall–Kier alpha value is -2.84. The highest BCUT2D eigenvalue weighted by Crippen LogP contribution is 2.40. The summed E-state index contributed by atoms with van der Waals surface area (Å²) in [6, 6.07) is 38.0. The molecule has 0 bridgehead atoms. The first-order valence-corrected chi connectivity index (χ1v) is 9.37. The second-order valence-electron chi connectivity index (χ2n) is 6.03. The Kier molecular flexibility index (Phi) is 4.85. The molecular weight excluding hydrogens is 382 g/mol. The van der Waals surface area contributed by atoms with Gasteiger partial charge in [0.1, 0.15) is 0 Å². The Morgan fingerprint density at radius 1 is 0.500 bits per heavy atom. The number of halogens is 1. The first kappa shape index (κ1) is 16.6. The molecule has 26 heavy (non-hydrogen) atoms. The lowest BCUT2D eigenvalue weighted by Gasteiger charge is -2.27. The molecule has 0 unspecified atom stereocenters. The third-order valence-corrected chi connectivity index (χ3v) is 4.86. The molecule has 0 aliphatic rings. The van der Waals surface area contributed by atoms with E-state index in [2.05, 4.69) is 118 Å². The molecule has 0 N–H and O–H groups in total. The highest BCUT2D eigenvalue weighted by molar-refractivity contribution is 9.10. The van der Waals surface area contributed by atoms with Gasteiger partial charge >= 0.3 is 0 Å². The lowest BCUT2D eigenvalue weighted by Crippen LogP contribution is -2.10. The average molecular weight is 400 g/mol. The third kappa shape index (κ3) is 3.42. The summed E-state index contributed by atoms with van der Waals surface area (Å²) < 4.78 is 1.08. The molecule has 4 rings (SSSR count). The van der Waals surface area contributed by atoms with Crippen LogP contribution in [0.1, 0.15) is 0 Å². The lowest BCUT2D eigenvalue weighted by molar-refractivity contribution is 1.28. The molecule has 0 saturated carbocycles. The Morgan fingerprint density at radius 3 is 1.58 bits per heavy atom. The number of benzene rings is 4. The molecule has 0 radical (unpaired) electrons. The molecule has 0 fully saturated rings. The van der Waals surface area contributed by atoms with Crippen molar-refractivity contribution < 1.29 is 0 Å². The molecule has 4 aromatic carbocycles. The van der Waals surface area contributed by atoms with Crippen LogP contribution < -0.4 is 4.90 Å². The standard InChI is InChI=1S/C24H18BrN/c25-20-17-15-19(16-18-20)23-13-7-8-14-24(23)26(21-9-3-1-4-10-21)22-11-5-2-6-12-22/h1-18H. The van der Waals surface area contributed by atoms with Crippen molar-refractivity contribution in [1.82, 2.24) is 0 Å². The predicted molar refractivity (Wildman–Crippen MR) is 114 cm³/mol. The van der Waals surface area contributed by atoms with Gasteiger partial charge in [-0.25, -0.2) is 0 Å². The van der Waals surface area contributed by atoms with Crippen LogP contribution in [-0.4, -0.2) is 0 Å². The van der Waals surface area contributed by atoms with Gasteiger partial charge < -0.3 is 4.90 Å². The molecule has 4 aromatic rings. The van der Waals surface area contributed by atoms with Crippen molar-refractivity contribution >= 4 is 33.0 Å². The molecule has 2 heteroatoms. The molecule has 0 aromatic heterocycles. The fourth-order valence-electron chi connectivity index (χ4n) is 3.12. The predicted octanol–water partition coefficient (Wildman–Crippen LogP) is 7.59. The third-order valence-electron chi connectivity index (χ3n) is 4.33. The van der Waals surface area contributed by atoms with Crippen LogP contribution in [0.25, 0.3) is 11.1 Å². The van der Waals surface area contributed by atoms with Gasteiger partial charge in [-0.1, -0.05) is 82.7 Å². The van der Waals surface area contributed by atoms with Crippen molar-refractivity contribution in [3.8, 4) is 11.1 Å². The van der Waals surface area contributed by atoms with Crippen LogP contribution in [0.3, 0.4) is 0 Å². The molecular formula is C24H18BrN. The summed E-state index contributed by atoms with van der Waals surface area (Å²) >= 11 is 3.53. The van der Waals surface area contributed by atoms with Crippen LogP contribution in [0.2, 0.25) is 0 Å². The number of rotatable bonds is 4. The fourth-order valence-corrected chi connectivity index (χ4v) is 3.39. The zero-order valence-corrected chi connectivity index (χ0v) is 15.8. The number of para-hydroxylation sites is 3. The van der Waals surface area contributed by atoms with Gasteiger partial charge in [-0.05, 0) is 48.0 Å². The molecule has 0 spiro atoms. The summed E-state index contributed by atoms with van der Waals surface area (Å²) in [5.41, 5.74) is 5.84. The fraction of sp³-hybridized carbons (Fsp3) is 0. The summed E-state index contributed by atoms with van der Waals surface area (Å²) in [5, 5.41) is 0. The van der Waals surface area contributed by atoms with E-state index in [0.29, 0.717) is 0 Å². The summed E-state index contributed by atoms with van der Waals surface area (Å²) in [5.74, 6) is 0. The SMILES string of the molecule is Brc1ccc(-c2ccccc2N(c2ccccc2)c2ccccc2)cc1. The molecule has 0 saturated heterocycles. The molecule has 0 aliphatic carbocycles. The maximum atomic E-state index is 3.53. The van der Waals surface area contributed by atoms with E-state index in [1.54, 1.807) is 0 Å². The van der Waals surface area contributed by atoms with E-state index in [9.17, 15) is 0 Å². The van der Waals surface area contributed by atoms with Gasteiger partial charge in [0, 0.05) is 21.4 Å². The zero-order chi connectivity index (χ0) is 17.8. The lowest BCUT2D eigenvalue weighted by atomic mass is 10.0. The van der Waals surface area contributed by atoms with Gasteiger partial charge in [-0.2, -0.15) is 0 Å². The van der Waals surface area contributed by atoms with Crippen LogP contribution >= 0.6 is 15.9 Å². The molecule has 0 heterocycles. The van der Waals surface area contributed by atoms with E-state index in [-0.39, 0.29) is 0 Å². The second kappa shape index (κ2) is 7.59. The van der Waals surface area contributed by atoms with E-state index >= 15 is 0 Å². The minimum absolute atomic E-state index is 1.08. The van der Waals surface area contributed by atoms with Crippen molar-refractivity contribution in [3.05, 3.63) is 114 Å². The first-order chi connectivity index (χ1) is 12.8. The number of nitrogens with zero attached hydrogens (tertiary/aromatic N) is 1. The quantitative estimate of drug-likeness (QED) is 0.341. The average Bonchev–Trinajstić information content (AvgIpc) is 2.71. The van der Waals surface area contributed by atoms with Gasteiger partial charge in [0.05, 0.1) is 5.69 Å². The Morgan fingerprint density at radius 2 is 1.00 bits per heavy atom. The smallest absolute Gasteiger partial charge is 0.0540 e. The highest BCUT2D eigenvalue weighted by Gasteiger charge is 2.16. The van der Waals surface area contributed by atoms with Crippen LogP contribution in [0.4, 0.5) is 17.1 Å². The number of hydrogen-bond acceptors (Lipinski definition) is 1. The van der Waals surface area contributed by atoms with Gasteiger partial charge in [0.2, 0.25) is 0 Å². The van der Waals surface area contributed by atoms with E-state index in [4.69, 9.17) is 0 Å². The van der Waals surface area contributed by atoms with Crippen molar-refractivity contribution in [1.29, 1.82) is 0 Å². The van der Waals surface area contributed by atoms with Crippen LogP contribution in [0.15, 0.2) is 114 Å². The minimum Gasteiger partial charge on any atom is -0.310 e. The van der Waals surface area contributed by atoms with Crippen LogP contribution in [-0.2, 0) is 0 Å². The van der Waals surface area contributed by atoms with Gasteiger partial charge in [0.25, 0.3) is 0 Å². The summed E-state index contributed by atoms with van der Waals surface area (Å²) in [6.07, 6.45) is 0. The largest absolute Gasteiger partial charge is 0.310 e. The van der Waals surface area contributed by atoms with Crippen LogP contribution in [0.5, 0.6) is 0 Å². The van der Waals surface area contributed by atoms with Gasteiger partial charge in [0.15, 0.2) is 0 Å². The maximum Gasteiger partial charge on any atom is 0.0540 e. The topological polar surface area (TPSA) is 3.24 Å². The minimum atomic E-state index is 1.08. The summed E-state index contributed by atoms with van der Waals surface area (Å²) in [7, 11) is 0.